The second-order valence-corrected chi connectivity index (χ2v) is 2.45. The Labute approximate surface area is 70.1 Å². The van der Waals surface area contributed by atoms with Crippen molar-refractivity contribution in [2.45, 2.75) is 0 Å². The standard InChI is InChI=1S/C10H5N2/c11-6-8-5-9-3-1-2-4-10(9)12-7-8/h1-5H. The Kier molecular flexibility index (Phi) is 1.49. The highest BCUT2D eigenvalue weighted by Crippen LogP contribution is 2.10. The van der Waals surface area contributed by atoms with Crippen molar-refractivity contribution in [3.63, 3.8) is 0 Å². The molecule has 0 saturated carbocycles. The molecule has 12 heavy (non-hydrogen) atoms. The maximum Gasteiger partial charge on any atom is 0.108 e. The Morgan fingerprint density at radius 1 is 1.33 bits per heavy atom. The summed E-state index contributed by atoms with van der Waals surface area (Å²) in [6, 6.07) is 11.4. The number of pyridine rings is 1. The van der Waals surface area contributed by atoms with Gasteiger partial charge < -0.3 is 0 Å². The van der Waals surface area contributed by atoms with Gasteiger partial charge in [0.15, 0.2) is 0 Å². The maximum absolute atomic E-state index is 8.58. The van der Waals surface area contributed by atoms with Gasteiger partial charge in [0.25, 0.3) is 0 Å². The van der Waals surface area contributed by atoms with Crippen LogP contribution in [0.15, 0.2) is 30.3 Å². The molecule has 0 N–H and O–H groups in total. The van der Waals surface area contributed by atoms with Crippen LogP contribution in [0.2, 0.25) is 0 Å². The molecule has 0 saturated heterocycles. The van der Waals surface area contributed by atoms with Crippen LogP contribution in [0.4, 0.5) is 0 Å². The van der Waals surface area contributed by atoms with Crippen LogP contribution in [0.1, 0.15) is 5.56 Å². The van der Waals surface area contributed by atoms with Gasteiger partial charge in [-0.2, -0.15) is 5.26 Å². The number of rotatable bonds is 0. The number of aromatic nitrogens is 1. The lowest BCUT2D eigenvalue weighted by molar-refractivity contribution is 1.35. The van der Waals surface area contributed by atoms with Gasteiger partial charge in [0.2, 0.25) is 0 Å². The van der Waals surface area contributed by atoms with Crippen LogP contribution in [0.25, 0.3) is 10.9 Å². The first-order valence-corrected chi connectivity index (χ1v) is 3.58. The summed E-state index contributed by atoms with van der Waals surface area (Å²) in [6.45, 7) is 0. The van der Waals surface area contributed by atoms with Crippen LogP contribution in [0.5, 0.6) is 0 Å². The second-order valence-electron chi connectivity index (χ2n) is 2.45. The van der Waals surface area contributed by atoms with E-state index in [9.17, 15) is 0 Å². The summed E-state index contributed by atoms with van der Waals surface area (Å²) in [5.74, 6) is 0. The first kappa shape index (κ1) is 6.81. The number of hydrogen-bond donors (Lipinski definition) is 0. The fourth-order valence-electron chi connectivity index (χ4n) is 1.08. The van der Waals surface area contributed by atoms with E-state index in [0.29, 0.717) is 5.56 Å². The summed E-state index contributed by atoms with van der Waals surface area (Å²) in [7, 11) is 0. The van der Waals surface area contributed by atoms with Crippen LogP contribution in [0, 0.1) is 17.5 Å². The summed E-state index contributed by atoms with van der Waals surface area (Å²) in [6.07, 6.45) is 2.65. The lowest BCUT2D eigenvalue weighted by Gasteiger charge is -1.93. The SMILES string of the molecule is N#Cc1[c]nc2ccccc2c1. The fraction of sp³-hybridized carbons (Fsp3) is 0. The van der Waals surface area contributed by atoms with Crippen molar-refractivity contribution in [3.8, 4) is 6.07 Å². The number of hydrogen-bond acceptors (Lipinski definition) is 2. The molecule has 0 fully saturated rings. The molecule has 0 spiro atoms. The monoisotopic (exact) mass is 153 g/mol. The number of nitrogens with zero attached hydrogens (tertiary/aromatic N) is 2. The van der Waals surface area contributed by atoms with Crippen molar-refractivity contribution in [1.82, 2.24) is 4.98 Å². The van der Waals surface area contributed by atoms with Crippen molar-refractivity contribution >= 4 is 10.9 Å². The minimum absolute atomic E-state index is 0.480. The Hall–Kier alpha value is -1.88. The van der Waals surface area contributed by atoms with E-state index in [1.54, 1.807) is 6.07 Å². The van der Waals surface area contributed by atoms with Crippen LogP contribution >= 0.6 is 0 Å². The number of benzene rings is 1. The van der Waals surface area contributed by atoms with Crippen molar-refractivity contribution in [1.29, 1.82) is 5.26 Å². The molecular formula is C10H5N2. The molecule has 0 aliphatic heterocycles. The van der Waals surface area contributed by atoms with Gasteiger partial charge in [0.05, 0.1) is 11.1 Å². The molecule has 1 radical (unpaired) electrons. The highest BCUT2D eigenvalue weighted by Gasteiger charge is 1.94. The first-order chi connectivity index (χ1) is 5.90. The highest BCUT2D eigenvalue weighted by atomic mass is 14.6. The highest BCUT2D eigenvalue weighted by molar-refractivity contribution is 5.79. The molecule has 1 aromatic carbocycles. The van der Waals surface area contributed by atoms with Crippen LogP contribution in [-0.4, -0.2) is 4.98 Å². The third kappa shape index (κ3) is 1.02. The van der Waals surface area contributed by atoms with Gasteiger partial charge in [-0.3, -0.25) is 0 Å². The molecule has 1 aromatic heterocycles. The molecule has 0 bridgehead atoms. The smallest absolute Gasteiger partial charge is 0.108 e. The van der Waals surface area contributed by atoms with Crippen molar-refractivity contribution in [2.75, 3.05) is 0 Å². The van der Waals surface area contributed by atoms with E-state index in [-0.39, 0.29) is 0 Å². The second kappa shape index (κ2) is 2.63. The maximum atomic E-state index is 8.58. The zero-order valence-electron chi connectivity index (χ0n) is 6.28. The predicted molar refractivity (Wildman–Crippen MR) is 45.3 cm³/mol. The van der Waals surface area contributed by atoms with E-state index in [1.165, 1.54) is 0 Å². The summed E-state index contributed by atoms with van der Waals surface area (Å²) in [5.41, 5.74) is 1.35. The van der Waals surface area contributed by atoms with E-state index in [0.717, 1.165) is 10.9 Å². The lowest BCUT2D eigenvalue weighted by atomic mass is 10.2. The summed E-state index contributed by atoms with van der Waals surface area (Å²) >= 11 is 0. The van der Waals surface area contributed by atoms with Gasteiger partial charge in [-0.25, -0.2) is 4.98 Å². The van der Waals surface area contributed by atoms with Gasteiger partial charge in [-0.05, 0) is 12.1 Å². The molecule has 2 rings (SSSR count). The van der Waals surface area contributed by atoms with Gasteiger partial charge in [-0.15, -0.1) is 0 Å². The number of para-hydroxylation sites is 1. The van der Waals surface area contributed by atoms with Gasteiger partial charge in [-0.1, -0.05) is 18.2 Å². The summed E-state index contributed by atoms with van der Waals surface area (Å²) in [4.78, 5) is 4.00. The molecule has 0 unspecified atom stereocenters. The van der Waals surface area contributed by atoms with E-state index in [1.807, 2.05) is 30.3 Å². The quantitative estimate of drug-likeness (QED) is 0.579. The lowest BCUT2D eigenvalue weighted by Crippen LogP contribution is -1.81. The summed E-state index contributed by atoms with van der Waals surface area (Å²) in [5, 5.41) is 9.56. The average molecular weight is 153 g/mol. The minimum Gasteiger partial charge on any atom is -0.245 e. The Morgan fingerprint density at radius 2 is 2.17 bits per heavy atom. The normalized spacial score (nSPS) is 9.58. The molecule has 0 aliphatic carbocycles. The van der Waals surface area contributed by atoms with Crippen LogP contribution < -0.4 is 0 Å². The molecule has 0 amide bonds. The Bertz CT molecular complexity index is 455. The molecular weight excluding hydrogens is 148 g/mol. The van der Waals surface area contributed by atoms with Crippen molar-refractivity contribution in [3.05, 3.63) is 42.1 Å². The predicted octanol–water partition coefficient (Wildman–Crippen LogP) is 1.91. The zero-order valence-corrected chi connectivity index (χ0v) is 6.28. The third-order valence-corrected chi connectivity index (χ3v) is 1.65. The largest absolute Gasteiger partial charge is 0.245 e. The number of fused-ring (bicyclic) bond motifs is 1. The van der Waals surface area contributed by atoms with E-state index < -0.39 is 0 Å². The topological polar surface area (TPSA) is 36.7 Å². The van der Waals surface area contributed by atoms with E-state index in [4.69, 9.17) is 5.26 Å². The summed E-state index contributed by atoms with van der Waals surface area (Å²) < 4.78 is 0. The molecule has 1 heterocycles. The van der Waals surface area contributed by atoms with Gasteiger partial charge in [0, 0.05) is 5.39 Å². The Balaban J connectivity index is 2.78. The molecule has 2 heteroatoms. The molecule has 2 aromatic rings. The molecule has 0 aliphatic rings. The minimum atomic E-state index is 0.480. The Morgan fingerprint density at radius 3 is 3.00 bits per heavy atom. The van der Waals surface area contributed by atoms with Crippen LogP contribution in [-0.2, 0) is 0 Å². The zero-order chi connectivity index (χ0) is 8.39. The number of nitriles is 1. The fourth-order valence-corrected chi connectivity index (χ4v) is 1.08. The molecule has 2 nitrogen and oxygen atoms in total. The van der Waals surface area contributed by atoms with Crippen LogP contribution in [0.3, 0.4) is 0 Å². The van der Waals surface area contributed by atoms with Gasteiger partial charge in [0.1, 0.15) is 12.3 Å². The van der Waals surface area contributed by atoms with E-state index in [2.05, 4.69) is 11.2 Å². The average Bonchev–Trinajstić information content (AvgIpc) is 2.17. The molecule has 0 atom stereocenters. The molecule has 55 valence electrons. The third-order valence-electron chi connectivity index (χ3n) is 1.65. The van der Waals surface area contributed by atoms with Gasteiger partial charge >= 0.3 is 0 Å². The van der Waals surface area contributed by atoms with Crippen molar-refractivity contribution in [2.24, 2.45) is 0 Å². The van der Waals surface area contributed by atoms with E-state index >= 15 is 0 Å². The van der Waals surface area contributed by atoms with Crippen molar-refractivity contribution < 1.29 is 0 Å². The first-order valence-electron chi connectivity index (χ1n) is 3.58.